The summed E-state index contributed by atoms with van der Waals surface area (Å²) in [6, 6.07) is 5.08. The first-order valence-corrected chi connectivity index (χ1v) is 5.35. The molecule has 1 atom stereocenters. The van der Waals surface area contributed by atoms with Gasteiger partial charge in [-0.1, -0.05) is 13.3 Å². The van der Waals surface area contributed by atoms with Crippen LogP contribution in [0.25, 0.3) is 0 Å². The van der Waals surface area contributed by atoms with Crippen LogP contribution in [0.4, 0.5) is 11.4 Å². The molecule has 0 spiro atoms. The number of hydrogen-bond acceptors (Lipinski definition) is 4. The zero-order chi connectivity index (χ0) is 12.8. The molecule has 17 heavy (non-hydrogen) atoms. The van der Waals surface area contributed by atoms with E-state index in [-0.39, 0.29) is 11.6 Å². The number of nitrogens with zero attached hydrogens (tertiary/aromatic N) is 1. The molecule has 6 heteroatoms. The molecule has 0 fully saturated rings. The standard InChI is InChI=1S/C11H15N3O3/c1-2-3-10(12)11(15)13-8-4-6-9(7-5-8)14(16)17/h4-7,10H,2-3,12H2,1H3,(H,13,15). The lowest BCUT2D eigenvalue weighted by Crippen LogP contribution is -2.35. The van der Waals surface area contributed by atoms with Gasteiger partial charge in [-0.05, 0) is 18.6 Å². The molecular weight excluding hydrogens is 222 g/mol. The van der Waals surface area contributed by atoms with Gasteiger partial charge in [-0.15, -0.1) is 0 Å². The van der Waals surface area contributed by atoms with E-state index in [4.69, 9.17) is 5.73 Å². The predicted octanol–water partition coefficient (Wildman–Crippen LogP) is 1.66. The average Bonchev–Trinajstić information content (AvgIpc) is 2.30. The Hall–Kier alpha value is -1.95. The van der Waals surface area contributed by atoms with Crippen molar-refractivity contribution in [1.29, 1.82) is 0 Å². The van der Waals surface area contributed by atoms with Gasteiger partial charge in [-0.2, -0.15) is 0 Å². The fourth-order valence-corrected chi connectivity index (χ4v) is 1.34. The second-order valence-electron chi connectivity index (χ2n) is 3.69. The summed E-state index contributed by atoms with van der Waals surface area (Å²) in [7, 11) is 0. The van der Waals surface area contributed by atoms with Crippen molar-refractivity contribution in [2.75, 3.05) is 5.32 Å². The highest BCUT2D eigenvalue weighted by Gasteiger charge is 2.12. The van der Waals surface area contributed by atoms with Gasteiger partial charge in [0.05, 0.1) is 11.0 Å². The van der Waals surface area contributed by atoms with Crippen LogP contribution >= 0.6 is 0 Å². The molecule has 0 radical (unpaired) electrons. The topological polar surface area (TPSA) is 98.3 Å². The molecule has 6 nitrogen and oxygen atoms in total. The van der Waals surface area contributed by atoms with Crippen LogP contribution in [-0.4, -0.2) is 16.9 Å². The maximum atomic E-state index is 11.6. The fourth-order valence-electron chi connectivity index (χ4n) is 1.34. The van der Waals surface area contributed by atoms with E-state index < -0.39 is 11.0 Å². The number of carbonyl (C=O) groups excluding carboxylic acids is 1. The van der Waals surface area contributed by atoms with Crippen LogP contribution in [0, 0.1) is 10.1 Å². The molecule has 0 saturated carbocycles. The van der Waals surface area contributed by atoms with Crippen LogP contribution in [0.15, 0.2) is 24.3 Å². The molecule has 1 aromatic rings. The van der Waals surface area contributed by atoms with E-state index in [1.807, 2.05) is 6.92 Å². The molecule has 1 rings (SSSR count). The molecule has 0 heterocycles. The minimum absolute atomic E-state index is 0.0131. The van der Waals surface area contributed by atoms with Gasteiger partial charge in [0, 0.05) is 17.8 Å². The van der Waals surface area contributed by atoms with Crippen LogP contribution in [0.3, 0.4) is 0 Å². The van der Waals surface area contributed by atoms with E-state index in [0.29, 0.717) is 12.1 Å². The minimum atomic E-state index is -0.546. The van der Waals surface area contributed by atoms with Crippen molar-refractivity contribution in [1.82, 2.24) is 0 Å². The second-order valence-corrected chi connectivity index (χ2v) is 3.69. The molecule has 0 saturated heterocycles. The Morgan fingerprint density at radius 2 is 2.06 bits per heavy atom. The Kier molecular flexibility index (Phi) is 4.59. The highest BCUT2D eigenvalue weighted by Crippen LogP contribution is 2.15. The maximum absolute atomic E-state index is 11.6. The fraction of sp³-hybridized carbons (Fsp3) is 0.364. The van der Waals surface area contributed by atoms with E-state index in [2.05, 4.69) is 5.32 Å². The summed E-state index contributed by atoms with van der Waals surface area (Å²) in [5.74, 6) is -0.277. The number of amides is 1. The average molecular weight is 237 g/mol. The van der Waals surface area contributed by atoms with Crippen LogP contribution in [0.2, 0.25) is 0 Å². The zero-order valence-corrected chi connectivity index (χ0v) is 9.55. The van der Waals surface area contributed by atoms with Crippen molar-refractivity contribution in [2.45, 2.75) is 25.8 Å². The Bertz CT molecular complexity index is 403. The molecule has 92 valence electrons. The first-order chi connectivity index (χ1) is 8.04. The number of nitro groups is 1. The molecule has 1 aromatic carbocycles. The zero-order valence-electron chi connectivity index (χ0n) is 9.55. The quantitative estimate of drug-likeness (QED) is 0.601. The number of anilines is 1. The van der Waals surface area contributed by atoms with Crippen molar-refractivity contribution in [3.63, 3.8) is 0 Å². The van der Waals surface area contributed by atoms with Crippen LogP contribution in [0.1, 0.15) is 19.8 Å². The number of hydrogen-bond donors (Lipinski definition) is 2. The molecule has 0 bridgehead atoms. The van der Waals surface area contributed by atoms with Crippen molar-refractivity contribution >= 4 is 17.3 Å². The largest absolute Gasteiger partial charge is 0.325 e. The smallest absolute Gasteiger partial charge is 0.269 e. The summed E-state index contributed by atoms with van der Waals surface area (Å²) < 4.78 is 0. The van der Waals surface area contributed by atoms with Crippen molar-refractivity contribution in [3.8, 4) is 0 Å². The lowest BCUT2D eigenvalue weighted by atomic mass is 10.1. The molecule has 0 aromatic heterocycles. The first-order valence-electron chi connectivity index (χ1n) is 5.35. The Morgan fingerprint density at radius 3 is 2.53 bits per heavy atom. The number of non-ortho nitro benzene ring substituents is 1. The summed E-state index contributed by atoms with van der Waals surface area (Å²) in [5, 5.41) is 13.0. The summed E-state index contributed by atoms with van der Waals surface area (Å²) >= 11 is 0. The van der Waals surface area contributed by atoms with E-state index >= 15 is 0 Å². The minimum Gasteiger partial charge on any atom is -0.325 e. The second kappa shape index (κ2) is 5.95. The highest BCUT2D eigenvalue weighted by atomic mass is 16.6. The molecule has 1 amide bonds. The molecule has 0 aliphatic rings. The molecule has 1 unspecified atom stereocenters. The van der Waals surface area contributed by atoms with Crippen LogP contribution in [0.5, 0.6) is 0 Å². The van der Waals surface area contributed by atoms with Gasteiger partial charge in [-0.3, -0.25) is 14.9 Å². The van der Waals surface area contributed by atoms with Gasteiger partial charge >= 0.3 is 0 Å². The normalized spacial score (nSPS) is 11.9. The lowest BCUT2D eigenvalue weighted by molar-refractivity contribution is -0.384. The maximum Gasteiger partial charge on any atom is 0.269 e. The number of carbonyl (C=O) groups is 1. The van der Waals surface area contributed by atoms with Crippen molar-refractivity contribution in [3.05, 3.63) is 34.4 Å². The Balaban J connectivity index is 2.63. The summed E-state index contributed by atoms with van der Waals surface area (Å²) in [5.41, 5.74) is 6.13. The summed E-state index contributed by atoms with van der Waals surface area (Å²) in [6.07, 6.45) is 1.44. The predicted molar refractivity (Wildman–Crippen MR) is 64.6 cm³/mol. The van der Waals surface area contributed by atoms with Gasteiger partial charge in [0.2, 0.25) is 5.91 Å². The van der Waals surface area contributed by atoms with Crippen LogP contribution in [-0.2, 0) is 4.79 Å². The third-order valence-electron chi connectivity index (χ3n) is 2.28. The number of nitrogens with one attached hydrogen (secondary N) is 1. The molecule has 3 N–H and O–H groups in total. The summed E-state index contributed by atoms with van der Waals surface area (Å²) in [6.45, 7) is 1.94. The number of rotatable bonds is 5. The van der Waals surface area contributed by atoms with Crippen LogP contribution < -0.4 is 11.1 Å². The molecule has 0 aliphatic carbocycles. The monoisotopic (exact) mass is 237 g/mol. The highest BCUT2D eigenvalue weighted by molar-refractivity contribution is 5.94. The van der Waals surface area contributed by atoms with Gasteiger partial charge in [-0.25, -0.2) is 0 Å². The first kappa shape index (κ1) is 13.1. The Morgan fingerprint density at radius 1 is 1.47 bits per heavy atom. The number of benzene rings is 1. The number of nitrogens with two attached hydrogens (primary N) is 1. The third kappa shape index (κ3) is 3.84. The van der Waals surface area contributed by atoms with E-state index in [9.17, 15) is 14.9 Å². The third-order valence-corrected chi connectivity index (χ3v) is 2.28. The van der Waals surface area contributed by atoms with Gasteiger partial charge in [0.1, 0.15) is 0 Å². The molecule has 0 aliphatic heterocycles. The van der Waals surface area contributed by atoms with Gasteiger partial charge in [0.15, 0.2) is 0 Å². The van der Waals surface area contributed by atoms with Gasteiger partial charge < -0.3 is 11.1 Å². The molecular formula is C11H15N3O3. The van der Waals surface area contributed by atoms with E-state index in [0.717, 1.165) is 6.42 Å². The lowest BCUT2D eigenvalue weighted by Gasteiger charge is -2.10. The van der Waals surface area contributed by atoms with Gasteiger partial charge in [0.25, 0.3) is 5.69 Å². The van der Waals surface area contributed by atoms with Crippen molar-refractivity contribution < 1.29 is 9.72 Å². The SMILES string of the molecule is CCCC(N)C(=O)Nc1ccc([N+](=O)[O-])cc1. The van der Waals surface area contributed by atoms with Crippen molar-refractivity contribution in [2.24, 2.45) is 5.73 Å². The summed E-state index contributed by atoms with van der Waals surface area (Å²) in [4.78, 5) is 21.5. The number of nitro benzene ring substituents is 1. The Labute approximate surface area is 99.0 Å². The van der Waals surface area contributed by atoms with E-state index in [1.54, 1.807) is 0 Å². The van der Waals surface area contributed by atoms with E-state index in [1.165, 1.54) is 24.3 Å².